The molecule has 3 rings (SSSR count). The van der Waals surface area contributed by atoms with Crippen LogP contribution in [0.5, 0.6) is 0 Å². The maximum atomic E-state index is 12.0. The van der Waals surface area contributed by atoms with Crippen molar-refractivity contribution in [1.29, 1.82) is 0 Å². The molecule has 1 fully saturated rings. The zero-order chi connectivity index (χ0) is 17.5. The molecule has 0 bridgehead atoms. The number of pyridine rings is 1. The molecule has 132 valence electrons. The van der Waals surface area contributed by atoms with Crippen LogP contribution in [0, 0.1) is 0 Å². The zero-order valence-electron chi connectivity index (χ0n) is 14.1. The van der Waals surface area contributed by atoms with Crippen molar-refractivity contribution in [2.75, 3.05) is 23.7 Å². The predicted molar refractivity (Wildman–Crippen MR) is 104 cm³/mol. The van der Waals surface area contributed by atoms with Gasteiger partial charge in [-0.05, 0) is 48.7 Å². The second-order valence-corrected chi connectivity index (χ2v) is 7.65. The van der Waals surface area contributed by atoms with E-state index in [-0.39, 0.29) is 5.91 Å². The van der Waals surface area contributed by atoms with Gasteiger partial charge in [-0.1, -0.05) is 17.7 Å². The lowest BCUT2D eigenvalue weighted by atomic mass is 10.2. The number of carbonyl (C=O) groups is 1. The minimum Gasteiger partial charge on any atom is -0.357 e. The van der Waals surface area contributed by atoms with Crippen molar-refractivity contribution in [2.24, 2.45) is 0 Å². The Kier molecular flexibility index (Phi) is 6.59. The smallest absolute Gasteiger partial charge is 0.221 e. The summed E-state index contributed by atoms with van der Waals surface area (Å²) in [5, 5.41) is 3.68. The van der Waals surface area contributed by atoms with E-state index in [1.165, 1.54) is 12.8 Å². The summed E-state index contributed by atoms with van der Waals surface area (Å²) in [4.78, 5) is 19.9. The summed E-state index contributed by atoms with van der Waals surface area (Å²) in [5.74, 6) is 1.84. The molecule has 1 aromatic heterocycles. The minimum absolute atomic E-state index is 0.0603. The van der Waals surface area contributed by atoms with Gasteiger partial charge in [-0.25, -0.2) is 4.98 Å². The minimum atomic E-state index is 0.0603. The number of halogens is 1. The third-order valence-corrected chi connectivity index (χ3v) is 5.41. The lowest BCUT2D eigenvalue weighted by Gasteiger charge is -2.16. The predicted octanol–water partition coefficient (Wildman–Crippen LogP) is 4.13. The quantitative estimate of drug-likeness (QED) is 0.739. The lowest BCUT2D eigenvalue weighted by Crippen LogP contribution is -2.23. The molecule has 0 spiro atoms. The molecule has 2 aromatic rings. The van der Waals surface area contributed by atoms with E-state index in [9.17, 15) is 4.79 Å². The molecular formula is C19H22ClN3OS. The van der Waals surface area contributed by atoms with Crippen LogP contribution >= 0.6 is 23.4 Å². The Bertz CT molecular complexity index is 685. The van der Waals surface area contributed by atoms with Gasteiger partial charge in [0.1, 0.15) is 5.82 Å². The molecule has 0 aliphatic carbocycles. The second kappa shape index (κ2) is 9.11. The summed E-state index contributed by atoms with van der Waals surface area (Å²) < 4.78 is 0. The Balaban J connectivity index is 1.37. The van der Waals surface area contributed by atoms with Crippen molar-refractivity contribution in [3.05, 3.63) is 53.2 Å². The number of rotatable bonds is 7. The molecule has 1 N–H and O–H groups in total. The SMILES string of the molecule is O=C(CCSc1ccc(Cl)cc1)NCc1ccc(N2CCCC2)nc1. The molecule has 0 saturated carbocycles. The van der Waals surface area contributed by atoms with Crippen LogP contribution in [0.2, 0.25) is 5.02 Å². The van der Waals surface area contributed by atoms with Gasteiger partial charge in [0.25, 0.3) is 0 Å². The molecule has 1 saturated heterocycles. The van der Waals surface area contributed by atoms with E-state index in [2.05, 4.69) is 15.2 Å². The van der Waals surface area contributed by atoms with Crippen LogP contribution < -0.4 is 10.2 Å². The highest BCUT2D eigenvalue weighted by Crippen LogP contribution is 2.21. The summed E-state index contributed by atoms with van der Waals surface area (Å²) >= 11 is 7.52. The Morgan fingerprint density at radius 2 is 1.92 bits per heavy atom. The van der Waals surface area contributed by atoms with Crippen LogP contribution in [0.1, 0.15) is 24.8 Å². The van der Waals surface area contributed by atoms with Crippen molar-refractivity contribution in [2.45, 2.75) is 30.7 Å². The average molecular weight is 376 g/mol. The lowest BCUT2D eigenvalue weighted by molar-refractivity contribution is -0.120. The van der Waals surface area contributed by atoms with E-state index < -0.39 is 0 Å². The van der Waals surface area contributed by atoms with Crippen LogP contribution in [0.25, 0.3) is 0 Å². The topological polar surface area (TPSA) is 45.2 Å². The van der Waals surface area contributed by atoms with E-state index in [4.69, 9.17) is 11.6 Å². The van der Waals surface area contributed by atoms with Gasteiger partial charge in [-0.15, -0.1) is 11.8 Å². The van der Waals surface area contributed by atoms with E-state index >= 15 is 0 Å². The maximum absolute atomic E-state index is 12.0. The van der Waals surface area contributed by atoms with Crippen molar-refractivity contribution in [3.8, 4) is 0 Å². The zero-order valence-corrected chi connectivity index (χ0v) is 15.7. The molecule has 4 nitrogen and oxygen atoms in total. The first-order chi connectivity index (χ1) is 12.2. The highest BCUT2D eigenvalue weighted by molar-refractivity contribution is 7.99. The van der Waals surface area contributed by atoms with E-state index in [0.29, 0.717) is 13.0 Å². The maximum Gasteiger partial charge on any atom is 0.221 e. The van der Waals surface area contributed by atoms with Crippen molar-refractivity contribution in [3.63, 3.8) is 0 Å². The van der Waals surface area contributed by atoms with Gasteiger partial charge in [0.2, 0.25) is 5.91 Å². The van der Waals surface area contributed by atoms with Gasteiger partial charge in [0.05, 0.1) is 0 Å². The summed E-state index contributed by atoms with van der Waals surface area (Å²) in [5.41, 5.74) is 1.03. The van der Waals surface area contributed by atoms with Gasteiger partial charge in [0, 0.05) is 47.9 Å². The summed E-state index contributed by atoms with van der Waals surface area (Å²) in [6, 6.07) is 11.8. The number of hydrogen-bond donors (Lipinski definition) is 1. The van der Waals surface area contributed by atoms with E-state index in [1.54, 1.807) is 11.8 Å². The molecular weight excluding hydrogens is 354 g/mol. The van der Waals surface area contributed by atoms with Gasteiger partial charge in [-0.2, -0.15) is 0 Å². The Morgan fingerprint density at radius 1 is 1.16 bits per heavy atom. The molecule has 1 aliphatic rings. The summed E-state index contributed by atoms with van der Waals surface area (Å²) in [6.07, 6.45) is 4.84. The number of amides is 1. The van der Waals surface area contributed by atoms with E-state index in [0.717, 1.165) is 40.1 Å². The molecule has 6 heteroatoms. The molecule has 1 aromatic carbocycles. The highest BCUT2D eigenvalue weighted by Gasteiger charge is 2.13. The van der Waals surface area contributed by atoms with E-state index in [1.807, 2.05) is 42.6 Å². The Labute approximate surface area is 158 Å². The normalized spacial score (nSPS) is 13.9. The second-order valence-electron chi connectivity index (χ2n) is 6.05. The number of anilines is 1. The van der Waals surface area contributed by atoms with Gasteiger partial charge in [0.15, 0.2) is 0 Å². The fourth-order valence-corrected chi connectivity index (χ4v) is 3.71. The Hall–Kier alpha value is -1.72. The van der Waals surface area contributed by atoms with Gasteiger partial charge >= 0.3 is 0 Å². The largest absolute Gasteiger partial charge is 0.357 e. The van der Waals surface area contributed by atoms with Crippen LogP contribution in [0.4, 0.5) is 5.82 Å². The van der Waals surface area contributed by atoms with Crippen LogP contribution in [0.3, 0.4) is 0 Å². The molecule has 1 amide bonds. The monoisotopic (exact) mass is 375 g/mol. The summed E-state index contributed by atoms with van der Waals surface area (Å²) in [7, 11) is 0. The molecule has 1 aliphatic heterocycles. The van der Waals surface area contributed by atoms with Crippen molar-refractivity contribution in [1.82, 2.24) is 10.3 Å². The summed E-state index contributed by atoms with van der Waals surface area (Å²) in [6.45, 7) is 2.71. The fraction of sp³-hybridized carbons (Fsp3) is 0.368. The van der Waals surface area contributed by atoms with Gasteiger partial charge < -0.3 is 10.2 Å². The average Bonchev–Trinajstić information content (AvgIpc) is 3.17. The van der Waals surface area contributed by atoms with Crippen LogP contribution in [-0.4, -0.2) is 29.7 Å². The number of benzene rings is 1. The molecule has 25 heavy (non-hydrogen) atoms. The fourth-order valence-electron chi connectivity index (χ4n) is 2.74. The first-order valence-corrected chi connectivity index (χ1v) is 9.92. The third-order valence-electron chi connectivity index (χ3n) is 4.14. The Morgan fingerprint density at radius 3 is 2.60 bits per heavy atom. The van der Waals surface area contributed by atoms with Crippen LogP contribution in [0.15, 0.2) is 47.5 Å². The molecule has 2 heterocycles. The molecule has 0 radical (unpaired) electrons. The van der Waals surface area contributed by atoms with Gasteiger partial charge in [-0.3, -0.25) is 4.79 Å². The van der Waals surface area contributed by atoms with Crippen molar-refractivity contribution >= 4 is 35.1 Å². The number of nitrogens with zero attached hydrogens (tertiary/aromatic N) is 2. The first kappa shape index (κ1) is 18.1. The number of aromatic nitrogens is 1. The number of thioether (sulfide) groups is 1. The molecule has 0 unspecified atom stereocenters. The molecule has 0 atom stereocenters. The first-order valence-electron chi connectivity index (χ1n) is 8.56. The highest BCUT2D eigenvalue weighted by atomic mass is 35.5. The third kappa shape index (κ3) is 5.65. The number of nitrogens with one attached hydrogen (secondary N) is 1. The number of hydrogen-bond acceptors (Lipinski definition) is 4. The number of carbonyl (C=O) groups excluding carboxylic acids is 1. The standard InChI is InChI=1S/C19H22ClN3OS/c20-16-4-6-17(7-5-16)25-12-9-19(24)22-14-15-3-8-18(21-13-15)23-10-1-2-11-23/h3-8,13H,1-2,9-12,14H2,(H,22,24). The van der Waals surface area contributed by atoms with Crippen LogP contribution in [-0.2, 0) is 11.3 Å². The van der Waals surface area contributed by atoms with Crippen molar-refractivity contribution < 1.29 is 4.79 Å².